The number of benzene rings is 1. The number of carboxylic acid groups (broad SMARTS) is 1. The van der Waals surface area contributed by atoms with Gasteiger partial charge in [-0.15, -0.1) is 0 Å². The van der Waals surface area contributed by atoms with Crippen LogP contribution in [-0.2, 0) is 15.0 Å². The molecule has 2 aromatic rings. The van der Waals surface area contributed by atoms with Gasteiger partial charge in [0, 0.05) is 35.1 Å². The van der Waals surface area contributed by atoms with E-state index >= 15 is 0 Å². The molecule has 152 valence electrons. The highest BCUT2D eigenvalue weighted by Crippen LogP contribution is 2.56. The van der Waals surface area contributed by atoms with Gasteiger partial charge in [0.1, 0.15) is 11.5 Å². The van der Waals surface area contributed by atoms with Crippen LogP contribution in [0.1, 0.15) is 44.2 Å². The Kier molecular flexibility index (Phi) is 4.67. The number of fused-ring (bicyclic) bond motifs is 2. The van der Waals surface area contributed by atoms with Gasteiger partial charge in [0.15, 0.2) is 0 Å². The second-order valence-corrected chi connectivity index (χ2v) is 9.51. The van der Waals surface area contributed by atoms with Crippen molar-refractivity contribution in [3.8, 4) is 0 Å². The zero-order valence-corrected chi connectivity index (χ0v) is 17.3. The van der Waals surface area contributed by atoms with Crippen molar-refractivity contribution in [2.24, 2.45) is 5.41 Å². The molecule has 0 radical (unpaired) electrons. The maximum atomic E-state index is 13.6. The van der Waals surface area contributed by atoms with Gasteiger partial charge in [-0.25, -0.2) is 0 Å². The molecule has 3 N–H and O–H groups in total. The lowest BCUT2D eigenvalue weighted by molar-refractivity contribution is -0.139. The minimum Gasteiger partial charge on any atom is -0.480 e. The number of carbonyl (C=O) groups is 2. The summed E-state index contributed by atoms with van der Waals surface area (Å²) in [4.78, 5) is 30.1. The molecule has 4 unspecified atom stereocenters. The molecule has 1 saturated heterocycles. The fourth-order valence-electron chi connectivity index (χ4n) is 4.97. The van der Waals surface area contributed by atoms with Crippen LogP contribution in [-0.4, -0.2) is 34.1 Å². The molecule has 1 fully saturated rings. The van der Waals surface area contributed by atoms with Crippen LogP contribution < -0.4 is 10.6 Å². The van der Waals surface area contributed by atoms with Crippen molar-refractivity contribution in [1.29, 1.82) is 0 Å². The summed E-state index contributed by atoms with van der Waals surface area (Å²) in [6.07, 6.45) is 3.93. The molecule has 1 amide bonds. The number of hydrogen-bond donors (Lipinski definition) is 3. The average molecular weight is 414 g/mol. The first-order chi connectivity index (χ1) is 13.6. The Morgan fingerprint density at radius 1 is 1.31 bits per heavy atom. The second kappa shape index (κ2) is 6.82. The summed E-state index contributed by atoms with van der Waals surface area (Å²) in [6.45, 7) is 6.27. The first-order valence-corrected chi connectivity index (χ1v) is 10.0. The van der Waals surface area contributed by atoms with Gasteiger partial charge in [-0.2, -0.15) is 0 Å². The van der Waals surface area contributed by atoms with Crippen molar-refractivity contribution in [2.75, 3.05) is 5.32 Å². The molecule has 1 aromatic carbocycles. The van der Waals surface area contributed by atoms with Crippen molar-refractivity contribution in [3.05, 3.63) is 58.9 Å². The van der Waals surface area contributed by atoms with E-state index in [1.807, 2.05) is 12.1 Å². The summed E-state index contributed by atoms with van der Waals surface area (Å²) in [5.74, 6) is -1.79. The van der Waals surface area contributed by atoms with Crippen LogP contribution in [0, 0.1) is 5.41 Å². The number of halogens is 1. The van der Waals surface area contributed by atoms with E-state index in [0.29, 0.717) is 17.1 Å². The monoisotopic (exact) mass is 413 g/mol. The van der Waals surface area contributed by atoms with Crippen LogP contribution >= 0.6 is 11.6 Å². The smallest absolute Gasteiger partial charge is 0.321 e. The van der Waals surface area contributed by atoms with E-state index in [4.69, 9.17) is 11.6 Å². The number of anilines is 1. The fraction of sp³-hybridized carbons (Fsp3) is 0.409. The topological polar surface area (TPSA) is 91.3 Å². The number of nitrogens with one attached hydrogen (secondary N) is 2. The predicted molar refractivity (Wildman–Crippen MR) is 111 cm³/mol. The van der Waals surface area contributed by atoms with Gasteiger partial charge in [0.05, 0.1) is 0 Å². The van der Waals surface area contributed by atoms with Gasteiger partial charge in [-0.3, -0.25) is 19.9 Å². The molecule has 3 heterocycles. The summed E-state index contributed by atoms with van der Waals surface area (Å²) in [7, 11) is 0. The third kappa shape index (κ3) is 3.11. The first kappa shape index (κ1) is 19.9. The number of nitrogens with zero attached hydrogens (tertiary/aromatic N) is 1. The van der Waals surface area contributed by atoms with Crippen LogP contribution in [0.5, 0.6) is 0 Å². The Hall–Kier alpha value is -2.44. The van der Waals surface area contributed by atoms with Crippen molar-refractivity contribution >= 4 is 29.2 Å². The molecule has 1 spiro atoms. The van der Waals surface area contributed by atoms with E-state index in [9.17, 15) is 14.7 Å². The number of rotatable bonds is 3. The Labute approximate surface area is 174 Å². The van der Waals surface area contributed by atoms with Crippen molar-refractivity contribution in [3.63, 3.8) is 0 Å². The zero-order valence-electron chi connectivity index (χ0n) is 16.6. The van der Waals surface area contributed by atoms with Crippen LogP contribution in [0.3, 0.4) is 0 Å². The fourth-order valence-corrected chi connectivity index (χ4v) is 5.14. The third-order valence-corrected chi connectivity index (χ3v) is 6.17. The summed E-state index contributed by atoms with van der Waals surface area (Å²) in [5.41, 5.74) is 0.961. The number of hydrogen-bond acceptors (Lipinski definition) is 4. The Bertz CT molecular complexity index is 973. The van der Waals surface area contributed by atoms with Gasteiger partial charge in [-0.1, -0.05) is 44.5 Å². The summed E-state index contributed by atoms with van der Waals surface area (Å²) in [6, 6.07) is 7.67. The second-order valence-electron chi connectivity index (χ2n) is 9.08. The first-order valence-electron chi connectivity index (χ1n) is 9.65. The predicted octanol–water partition coefficient (Wildman–Crippen LogP) is 3.57. The molecule has 2 aliphatic heterocycles. The summed E-state index contributed by atoms with van der Waals surface area (Å²) in [5, 5.41) is 16.8. The molecule has 2 aliphatic rings. The van der Waals surface area contributed by atoms with Crippen LogP contribution in [0.4, 0.5) is 5.69 Å². The zero-order chi connectivity index (χ0) is 21.0. The van der Waals surface area contributed by atoms with Crippen LogP contribution in [0.2, 0.25) is 5.02 Å². The molecular formula is C22H24ClN3O3. The van der Waals surface area contributed by atoms with Gasteiger partial charge < -0.3 is 10.4 Å². The highest BCUT2D eigenvalue weighted by Gasteiger charge is 2.65. The Morgan fingerprint density at radius 2 is 2.07 bits per heavy atom. The molecule has 0 bridgehead atoms. The lowest BCUT2D eigenvalue weighted by Gasteiger charge is -2.37. The number of aromatic nitrogens is 1. The molecule has 4 rings (SSSR count). The molecular weight excluding hydrogens is 390 g/mol. The maximum absolute atomic E-state index is 13.6. The molecule has 6 nitrogen and oxygen atoms in total. The molecule has 1 aromatic heterocycles. The molecule has 7 heteroatoms. The van der Waals surface area contributed by atoms with E-state index in [0.717, 1.165) is 11.1 Å². The van der Waals surface area contributed by atoms with E-state index < -0.39 is 23.3 Å². The molecule has 0 aliphatic carbocycles. The number of carboxylic acids is 1. The highest BCUT2D eigenvalue weighted by atomic mass is 35.5. The minimum absolute atomic E-state index is 0.118. The Balaban J connectivity index is 1.99. The van der Waals surface area contributed by atoms with E-state index in [1.54, 1.807) is 30.6 Å². The number of carbonyl (C=O) groups excluding carboxylic acids is 1. The third-order valence-electron chi connectivity index (χ3n) is 5.93. The van der Waals surface area contributed by atoms with Gasteiger partial charge in [-0.05, 0) is 41.2 Å². The number of aliphatic carboxylic acids is 1. The largest absolute Gasteiger partial charge is 0.480 e. The van der Waals surface area contributed by atoms with Gasteiger partial charge in [0.25, 0.3) is 0 Å². The van der Waals surface area contributed by atoms with Crippen molar-refractivity contribution in [2.45, 2.75) is 50.6 Å². The number of pyridine rings is 1. The Morgan fingerprint density at radius 3 is 2.69 bits per heavy atom. The SMILES string of the molecule is CC(C)(C)CC1NC(C(=O)O)C(c2cccnc2)C12C(=O)Nc1cc(Cl)ccc12. The minimum atomic E-state index is -1.07. The summed E-state index contributed by atoms with van der Waals surface area (Å²) >= 11 is 6.17. The van der Waals surface area contributed by atoms with Crippen molar-refractivity contribution in [1.82, 2.24) is 10.3 Å². The van der Waals surface area contributed by atoms with Crippen LogP contribution in [0.15, 0.2) is 42.7 Å². The van der Waals surface area contributed by atoms with E-state index in [1.165, 1.54) is 0 Å². The standard InChI is InChI=1S/C22H24ClN3O3/c1-21(2,3)10-16-22(14-7-6-13(23)9-15(14)25-20(22)29)17(18(26-16)19(27)28)12-5-4-8-24-11-12/h4-9,11,16-18,26H,10H2,1-3H3,(H,25,29)(H,27,28). The molecule has 29 heavy (non-hydrogen) atoms. The summed E-state index contributed by atoms with van der Waals surface area (Å²) < 4.78 is 0. The van der Waals surface area contributed by atoms with Gasteiger partial charge in [0.2, 0.25) is 5.91 Å². The van der Waals surface area contributed by atoms with E-state index in [2.05, 4.69) is 36.4 Å². The molecule has 0 saturated carbocycles. The quantitative estimate of drug-likeness (QED) is 0.715. The molecule has 4 atom stereocenters. The van der Waals surface area contributed by atoms with E-state index in [-0.39, 0.29) is 17.4 Å². The normalized spacial score (nSPS) is 28.4. The average Bonchev–Trinajstić information content (AvgIpc) is 3.11. The maximum Gasteiger partial charge on any atom is 0.321 e. The highest BCUT2D eigenvalue weighted by molar-refractivity contribution is 6.31. The number of amides is 1. The van der Waals surface area contributed by atoms with Gasteiger partial charge >= 0.3 is 5.97 Å². The lowest BCUT2D eigenvalue weighted by Crippen LogP contribution is -2.49. The lowest BCUT2D eigenvalue weighted by atomic mass is 9.63. The van der Waals surface area contributed by atoms with Crippen LogP contribution in [0.25, 0.3) is 0 Å². The van der Waals surface area contributed by atoms with Crippen molar-refractivity contribution < 1.29 is 14.7 Å².